The first kappa shape index (κ1) is 9.56. The topological polar surface area (TPSA) is 32.3 Å². The molecule has 0 amide bonds. The summed E-state index contributed by atoms with van der Waals surface area (Å²) in [5.41, 5.74) is 0.0535. The SMILES string of the molecule is CNCC#Cc1c(O)cccc1F. The predicted octanol–water partition coefficient (Wildman–Crippen LogP) is 1.10. The molecule has 0 fully saturated rings. The lowest BCUT2D eigenvalue weighted by atomic mass is 10.2. The number of benzene rings is 1. The Labute approximate surface area is 76.4 Å². The Bertz CT molecular complexity index is 331. The van der Waals surface area contributed by atoms with Crippen LogP contribution in [0.5, 0.6) is 5.75 Å². The van der Waals surface area contributed by atoms with Crippen LogP contribution in [0.3, 0.4) is 0 Å². The Morgan fingerprint density at radius 1 is 1.54 bits per heavy atom. The van der Waals surface area contributed by atoms with Gasteiger partial charge < -0.3 is 10.4 Å². The molecule has 13 heavy (non-hydrogen) atoms. The van der Waals surface area contributed by atoms with E-state index in [0.717, 1.165) is 0 Å². The fourth-order valence-corrected chi connectivity index (χ4v) is 0.857. The van der Waals surface area contributed by atoms with Crippen molar-refractivity contribution in [3.8, 4) is 17.6 Å². The highest BCUT2D eigenvalue weighted by Crippen LogP contribution is 2.17. The van der Waals surface area contributed by atoms with Gasteiger partial charge in [-0.05, 0) is 19.2 Å². The summed E-state index contributed by atoms with van der Waals surface area (Å²) < 4.78 is 13.0. The predicted molar refractivity (Wildman–Crippen MR) is 48.9 cm³/mol. The molecule has 0 saturated heterocycles. The molecule has 0 radical (unpaired) electrons. The second-order valence-corrected chi connectivity index (χ2v) is 2.47. The van der Waals surface area contributed by atoms with Gasteiger partial charge in [0.2, 0.25) is 0 Å². The first-order valence-electron chi connectivity index (χ1n) is 3.86. The van der Waals surface area contributed by atoms with Crippen LogP contribution in [0.4, 0.5) is 4.39 Å². The number of phenolic OH excluding ortho intramolecular Hbond substituents is 1. The molecule has 0 aliphatic carbocycles. The number of phenols is 1. The molecule has 1 aromatic rings. The van der Waals surface area contributed by atoms with Gasteiger partial charge in [-0.3, -0.25) is 0 Å². The number of aromatic hydroxyl groups is 1. The normalized spacial score (nSPS) is 9.08. The minimum absolute atomic E-state index is 0.0535. The zero-order valence-corrected chi connectivity index (χ0v) is 7.26. The van der Waals surface area contributed by atoms with Gasteiger partial charge >= 0.3 is 0 Å². The van der Waals surface area contributed by atoms with Crippen LogP contribution in [0, 0.1) is 17.7 Å². The van der Waals surface area contributed by atoms with E-state index in [9.17, 15) is 9.50 Å². The Hall–Kier alpha value is -1.53. The van der Waals surface area contributed by atoms with Gasteiger partial charge in [-0.2, -0.15) is 0 Å². The van der Waals surface area contributed by atoms with Gasteiger partial charge in [0, 0.05) is 0 Å². The molecule has 2 N–H and O–H groups in total. The quantitative estimate of drug-likeness (QED) is 0.633. The summed E-state index contributed by atoms with van der Waals surface area (Å²) >= 11 is 0. The molecule has 0 spiro atoms. The van der Waals surface area contributed by atoms with E-state index in [2.05, 4.69) is 17.2 Å². The van der Waals surface area contributed by atoms with Crippen LogP contribution in [0.2, 0.25) is 0 Å². The maximum atomic E-state index is 13.0. The first-order chi connectivity index (χ1) is 6.25. The zero-order valence-electron chi connectivity index (χ0n) is 7.26. The molecule has 2 nitrogen and oxygen atoms in total. The number of hydrogen-bond acceptors (Lipinski definition) is 2. The van der Waals surface area contributed by atoms with Crippen LogP contribution in [0.1, 0.15) is 5.56 Å². The third-order valence-electron chi connectivity index (χ3n) is 1.47. The van der Waals surface area contributed by atoms with Crippen molar-refractivity contribution >= 4 is 0 Å². The summed E-state index contributed by atoms with van der Waals surface area (Å²) in [7, 11) is 1.75. The molecule has 0 aromatic heterocycles. The van der Waals surface area contributed by atoms with Gasteiger partial charge in [0.05, 0.1) is 6.54 Å². The van der Waals surface area contributed by atoms with Crippen molar-refractivity contribution < 1.29 is 9.50 Å². The van der Waals surface area contributed by atoms with Crippen molar-refractivity contribution in [2.75, 3.05) is 13.6 Å². The monoisotopic (exact) mass is 179 g/mol. The number of halogens is 1. The number of hydrogen-bond donors (Lipinski definition) is 2. The highest BCUT2D eigenvalue weighted by atomic mass is 19.1. The average molecular weight is 179 g/mol. The Kier molecular flexibility index (Phi) is 3.30. The summed E-state index contributed by atoms with van der Waals surface area (Å²) in [4.78, 5) is 0. The van der Waals surface area contributed by atoms with E-state index in [1.54, 1.807) is 7.05 Å². The van der Waals surface area contributed by atoms with Gasteiger partial charge in [-0.25, -0.2) is 4.39 Å². The van der Waals surface area contributed by atoms with E-state index in [-0.39, 0.29) is 11.3 Å². The molecule has 0 bridgehead atoms. The molecule has 68 valence electrons. The van der Waals surface area contributed by atoms with Crippen LogP contribution < -0.4 is 5.32 Å². The first-order valence-corrected chi connectivity index (χ1v) is 3.86. The van der Waals surface area contributed by atoms with E-state index >= 15 is 0 Å². The molecule has 0 unspecified atom stereocenters. The van der Waals surface area contributed by atoms with Gasteiger partial charge in [-0.1, -0.05) is 17.9 Å². The van der Waals surface area contributed by atoms with Gasteiger partial charge in [-0.15, -0.1) is 0 Å². The third-order valence-corrected chi connectivity index (χ3v) is 1.47. The zero-order chi connectivity index (χ0) is 9.68. The van der Waals surface area contributed by atoms with Crippen molar-refractivity contribution in [3.05, 3.63) is 29.6 Å². The minimum Gasteiger partial charge on any atom is -0.507 e. The molecule has 1 rings (SSSR count). The Balaban J connectivity index is 2.95. The van der Waals surface area contributed by atoms with Crippen LogP contribution in [0.15, 0.2) is 18.2 Å². The van der Waals surface area contributed by atoms with E-state index in [1.165, 1.54) is 18.2 Å². The van der Waals surface area contributed by atoms with Gasteiger partial charge in [0.1, 0.15) is 17.1 Å². The average Bonchev–Trinajstić information content (AvgIpc) is 2.10. The Morgan fingerprint density at radius 2 is 2.31 bits per heavy atom. The fraction of sp³-hybridized carbons (Fsp3) is 0.200. The maximum absolute atomic E-state index is 13.0. The summed E-state index contributed by atoms with van der Waals surface area (Å²) in [5, 5.41) is 12.0. The minimum atomic E-state index is -0.497. The fourth-order valence-electron chi connectivity index (χ4n) is 0.857. The van der Waals surface area contributed by atoms with E-state index in [0.29, 0.717) is 6.54 Å². The van der Waals surface area contributed by atoms with Crippen LogP contribution >= 0.6 is 0 Å². The van der Waals surface area contributed by atoms with Crippen molar-refractivity contribution in [1.29, 1.82) is 0 Å². The van der Waals surface area contributed by atoms with Crippen molar-refractivity contribution in [2.45, 2.75) is 0 Å². The third kappa shape index (κ3) is 2.46. The number of rotatable bonds is 1. The summed E-state index contributed by atoms with van der Waals surface area (Å²) in [6, 6.07) is 4.11. The lowest BCUT2D eigenvalue weighted by molar-refractivity contribution is 0.467. The maximum Gasteiger partial charge on any atom is 0.142 e. The standard InChI is InChI=1S/C10H10FNO/c1-12-7-3-4-8-9(11)5-2-6-10(8)13/h2,5-6,12-13H,7H2,1H3. The van der Waals surface area contributed by atoms with E-state index in [4.69, 9.17) is 0 Å². The highest BCUT2D eigenvalue weighted by molar-refractivity contribution is 5.46. The van der Waals surface area contributed by atoms with Crippen LogP contribution in [-0.4, -0.2) is 18.7 Å². The molecular formula is C10H10FNO. The molecule has 0 heterocycles. The van der Waals surface area contributed by atoms with Crippen LogP contribution in [-0.2, 0) is 0 Å². The molecule has 0 atom stereocenters. The Morgan fingerprint density at radius 3 is 2.92 bits per heavy atom. The molecule has 3 heteroatoms. The highest BCUT2D eigenvalue weighted by Gasteiger charge is 2.02. The van der Waals surface area contributed by atoms with Crippen LogP contribution in [0.25, 0.3) is 0 Å². The van der Waals surface area contributed by atoms with Crippen molar-refractivity contribution in [3.63, 3.8) is 0 Å². The van der Waals surface area contributed by atoms with E-state index in [1.807, 2.05) is 0 Å². The largest absolute Gasteiger partial charge is 0.507 e. The molecule has 0 saturated carbocycles. The van der Waals surface area contributed by atoms with Gasteiger partial charge in [0.15, 0.2) is 0 Å². The molecule has 1 aromatic carbocycles. The summed E-state index contributed by atoms with van der Waals surface area (Å²) in [5.74, 6) is 4.60. The second kappa shape index (κ2) is 4.48. The smallest absolute Gasteiger partial charge is 0.142 e. The molecule has 0 aliphatic heterocycles. The second-order valence-electron chi connectivity index (χ2n) is 2.47. The molecule has 0 aliphatic rings. The lowest BCUT2D eigenvalue weighted by Gasteiger charge is -1.96. The van der Waals surface area contributed by atoms with Gasteiger partial charge in [0.25, 0.3) is 0 Å². The van der Waals surface area contributed by atoms with E-state index < -0.39 is 5.82 Å². The summed E-state index contributed by atoms with van der Waals surface area (Å²) in [6.07, 6.45) is 0. The lowest BCUT2D eigenvalue weighted by Crippen LogP contribution is -2.04. The molecular weight excluding hydrogens is 169 g/mol. The van der Waals surface area contributed by atoms with Crippen molar-refractivity contribution in [2.24, 2.45) is 0 Å². The number of nitrogens with one attached hydrogen (secondary N) is 1. The van der Waals surface area contributed by atoms with Crippen molar-refractivity contribution in [1.82, 2.24) is 5.32 Å². The summed E-state index contributed by atoms with van der Waals surface area (Å²) in [6.45, 7) is 0.466.